The normalized spacial score (nSPS) is 12.4. The number of rotatable bonds is 5. The Labute approximate surface area is 150 Å². The zero-order chi connectivity index (χ0) is 18.1. The number of hydrogen-bond acceptors (Lipinski definition) is 6. The Morgan fingerprint density at radius 3 is 2.56 bits per heavy atom. The number of benzene rings is 1. The number of aromatic nitrogens is 3. The Morgan fingerprint density at radius 1 is 1.32 bits per heavy atom. The highest BCUT2D eigenvalue weighted by Gasteiger charge is 2.26. The van der Waals surface area contributed by atoms with E-state index in [2.05, 4.69) is 4.98 Å². The molecule has 9 heteroatoms. The molecule has 0 spiro atoms. The quantitative estimate of drug-likeness (QED) is 0.686. The molecule has 0 aliphatic carbocycles. The van der Waals surface area contributed by atoms with Crippen LogP contribution in [-0.2, 0) is 4.79 Å². The van der Waals surface area contributed by atoms with Crippen LogP contribution in [0.25, 0.3) is 16.0 Å². The molecule has 3 rings (SSSR count). The molecule has 0 aliphatic heterocycles. The third-order valence-corrected chi connectivity index (χ3v) is 5.81. The third-order valence-electron chi connectivity index (χ3n) is 3.78. The van der Waals surface area contributed by atoms with E-state index in [-0.39, 0.29) is 11.9 Å². The molecule has 2 aromatic heterocycles. The summed E-state index contributed by atoms with van der Waals surface area (Å²) in [6, 6.07) is 7.58. The summed E-state index contributed by atoms with van der Waals surface area (Å²) in [4.78, 5) is 42.1. The van der Waals surface area contributed by atoms with Gasteiger partial charge in [-0.15, -0.1) is 0 Å². The molecule has 0 saturated carbocycles. The molecule has 1 aromatic carbocycles. The van der Waals surface area contributed by atoms with E-state index in [1.165, 1.54) is 27.7 Å². The Kier molecular flexibility index (Phi) is 4.78. The van der Waals surface area contributed by atoms with E-state index in [1.807, 2.05) is 12.3 Å². The summed E-state index contributed by atoms with van der Waals surface area (Å²) in [6.07, 6.45) is 1.94. The molecule has 1 unspecified atom stereocenters. The van der Waals surface area contributed by atoms with Gasteiger partial charge in [-0.2, -0.15) is 0 Å². The largest absolute Gasteiger partial charge is 0.480 e. The van der Waals surface area contributed by atoms with Crippen molar-refractivity contribution in [1.82, 2.24) is 14.1 Å². The predicted octanol–water partition coefficient (Wildman–Crippen LogP) is 2.37. The van der Waals surface area contributed by atoms with Crippen molar-refractivity contribution in [3.63, 3.8) is 0 Å². The number of thiazole rings is 1. The fourth-order valence-corrected chi connectivity index (χ4v) is 4.17. The molecule has 1 N–H and O–H groups in total. The average molecular weight is 377 g/mol. The Bertz CT molecular complexity index is 1050. The van der Waals surface area contributed by atoms with Crippen LogP contribution in [0.4, 0.5) is 0 Å². The number of carboxylic acid groups (broad SMARTS) is 1. The molecule has 7 nitrogen and oxygen atoms in total. The molecule has 0 saturated heterocycles. The van der Waals surface area contributed by atoms with Crippen molar-refractivity contribution in [3.05, 3.63) is 51.2 Å². The second kappa shape index (κ2) is 6.85. The number of para-hydroxylation sites is 1. The highest BCUT2D eigenvalue weighted by Crippen LogP contribution is 2.27. The van der Waals surface area contributed by atoms with Gasteiger partial charge in [0.2, 0.25) is 0 Å². The molecule has 2 heterocycles. The molecule has 0 bridgehead atoms. The summed E-state index contributed by atoms with van der Waals surface area (Å²) < 4.78 is 2.79. The molecular formula is C16H15N3O4S2. The monoisotopic (exact) mass is 377 g/mol. The van der Waals surface area contributed by atoms with Gasteiger partial charge in [-0.1, -0.05) is 48.2 Å². The number of fused-ring (bicyclic) bond motifs is 1. The minimum atomic E-state index is -1.24. The van der Waals surface area contributed by atoms with E-state index in [4.69, 9.17) is 0 Å². The average Bonchev–Trinajstić information content (AvgIpc) is 3.03. The topological polar surface area (TPSA) is 94.2 Å². The number of hydrogen-bond donors (Lipinski definition) is 1. The second-order valence-corrected chi connectivity index (χ2v) is 7.26. The molecule has 130 valence electrons. The Morgan fingerprint density at radius 2 is 2.00 bits per heavy atom. The minimum Gasteiger partial charge on any atom is -0.480 e. The summed E-state index contributed by atoms with van der Waals surface area (Å²) in [5, 5.41) is 9.43. The lowest BCUT2D eigenvalue weighted by atomic mass is 10.2. The van der Waals surface area contributed by atoms with Crippen molar-refractivity contribution >= 4 is 39.4 Å². The maximum absolute atomic E-state index is 13.0. The van der Waals surface area contributed by atoms with Crippen molar-refractivity contribution in [2.24, 2.45) is 0 Å². The van der Waals surface area contributed by atoms with Crippen molar-refractivity contribution in [2.45, 2.75) is 23.7 Å². The summed E-state index contributed by atoms with van der Waals surface area (Å²) in [6.45, 7) is 1.62. The van der Waals surface area contributed by atoms with Gasteiger partial charge in [-0.25, -0.2) is 19.1 Å². The van der Waals surface area contributed by atoms with Gasteiger partial charge in [0.1, 0.15) is 10.9 Å². The van der Waals surface area contributed by atoms with Gasteiger partial charge in [0.05, 0.1) is 5.69 Å². The first kappa shape index (κ1) is 17.4. The first-order chi connectivity index (χ1) is 12.0. The Hall–Kier alpha value is -2.39. The molecule has 25 heavy (non-hydrogen) atoms. The number of carboxylic acids is 1. The van der Waals surface area contributed by atoms with Crippen molar-refractivity contribution in [3.8, 4) is 5.69 Å². The predicted molar refractivity (Wildman–Crippen MR) is 98.2 cm³/mol. The fraction of sp³-hybridized carbons (Fsp3) is 0.250. The van der Waals surface area contributed by atoms with Crippen LogP contribution in [0.3, 0.4) is 0 Å². The molecule has 3 aromatic rings. The summed E-state index contributed by atoms with van der Waals surface area (Å²) in [5.74, 6) is -1.22. The van der Waals surface area contributed by atoms with Crippen molar-refractivity contribution in [2.75, 3.05) is 6.26 Å². The first-order valence-electron chi connectivity index (χ1n) is 7.49. The highest BCUT2D eigenvalue weighted by molar-refractivity contribution is 8.00. The van der Waals surface area contributed by atoms with Gasteiger partial charge in [0.15, 0.2) is 9.86 Å². The highest BCUT2D eigenvalue weighted by atomic mass is 32.2. The summed E-state index contributed by atoms with van der Waals surface area (Å²) in [7, 11) is 0. The summed E-state index contributed by atoms with van der Waals surface area (Å²) in [5.41, 5.74) is -0.674. The molecule has 0 radical (unpaired) electrons. The van der Waals surface area contributed by atoms with Crippen molar-refractivity contribution in [1.29, 1.82) is 0 Å². The number of carbonyl (C=O) groups is 1. The number of aliphatic carboxylic acids is 1. The SMILES string of the molecule is CCC(C(=O)O)n1c(=O)c2nc(SC)sc2n(-c2ccccc2)c1=O. The third kappa shape index (κ3) is 2.89. The molecular weight excluding hydrogens is 362 g/mol. The van der Waals surface area contributed by atoms with E-state index < -0.39 is 23.3 Å². The molecule has 1 atom stereocenters. The van der Waals surface area contributed by atoms with E-state index in [9.17, 15) is 19.5 Å². The van der Waals surface area contributed by atoms with Crippen LogP contribution in [0.2, 0.25) is 0 Å². The maximum atomic E-state index is 13.0. The van der Waals surface area contributed by atoms with Crippen molar-refractivity contribution < 1.29 is 9.90 Å². The maximum Gasteiger partial charge on any atom is 0.337 e. The fourth-order valence-electron chi connectivity index (χ4n) is 2.61. The Balaban J connectivity index is 2.49. The van der Waals surface area contributed by atoms with Gasteiger partial charge in [0, 0.05) is 0 Å². The van der Waals surface area contributed by atoms with Gasteiger partial charge >= 0.3 is 11.7 Å². The standard InChI is InChI=1S/C16H15N3O4S2/c1-3-10(14(21)22)19-12(20)11-13(25-15(17-11)24-2)18(16(19)23)9-7-5-4-6-8-9/h4-8,10H,3H2,1-2H3,(H,21,22). The van der Waals surface area contributed by atoms with Gasteiger partial charge < -0.3 is 5.11 Å². The van der Waals surface area contributed by atoms with E-state index in [1.54, 1.807) is 31.2 Å². The van der Waals surface area contributed by atoms with Crippen LogP contribution in [0.1, 0.15) is 19.4 Å². The number of nitrogens with zero attached hydrogens (tertiary/aromatic N) is 3. The smallest absolute Gasteiger partial charge is 0.337 e. The first-order valence-corrected chi connectivity index (χ1v) is 9.54. The molecule has 0 fully saturated rings. The molecule has 0 amide bonds. The van der Waals surface area contributed by atoms with Crippen LogP contribution in [0.5, 0.6) is 0 Å². The molecule has 0 aliphatic rings. The van der Waals surface area contributed by atoms with Crippen LogP contribution < -0.4 is 11.2 Å². The van der Waals surface area contributed by atoms with Crippen LogP contribution in [0, 0.1) is 0 Å². The van der Waals surface area contributed by atoms with Crippen LogP contribution in [0.15, 0.2) is 44.3 Å². The van der Waals surface area contributed by atoms with Crippen LogP contribution >= 0.6 is 23.1 Å². The van der Waals surface area contributed by atoms with E-state index in [0.717, 1.165) is 4.57 Å². The van der Waals surface area contributed by atoms with Gasteiger partial charge in [-0.3, -0.25) is 9.36 Å². The zero-order valence-electron chi connectivity index (χ0n) is 13.5. The van der Waals surface area contributed by atoms with Crippen LogP contribution in [-0.4, -0.2) is 31.4 Å². The summed E-state index contributed by atoms with van der Waals surface area (Å²) >= 11 is 2.60. The zero-order valence-corrected chi connectivity index (χ0v) is 15.1. The lowest BCUT2D eigenvalue weighted by Gasteiger charge is -2.15. The van der Waals surface area contributed by atoms with E-state index >= 15 is 0 Å². The number of thioether (sulfide) groups is 1. The van der Waals surface area contributed by atoms with Gasteiger partial charge in [-0.05, 0) is 24.8 Å². The van der Waals surface area contributed by atoms with Gasteiger partial charge in [0.25, 0.3) is 5.56 Å². The lowest BCUT2D eigenvalue weighted by Crippen LogP contribution is -2.43. The lowest BCUT2D eigenvalue weighted by molar-refractivity contribution is -0.141. The minimum absolute atomic E-state index is 0.109. The second-order valence-electron chi connectivity index (χ2n) is 5.23. The van der Waals surface area contributed by atoms with E-state index in [0.29, 0.717) is 14.9 Å².